The molecule has 360 valence electrons. The topological polar surface area (TPSA) is 64.7 Å². The number of piperidine rings is 2. The van der Waals surface area contributed by atoms with Crippen LogP contribution in [0.2, 0.25) is 0 Å². The zero-order chi connectivity index (χ0) is 49.1. The highest BCUT2D eigenvalue weighted by Gasteiger charge is 2.40. The largest absolute Gasteiger partial charge is 0.416 e. The molecule has 4 atom stereocenters. The Labute approximate surface area is 371 Å². The second-order valence-corrected chi connectivity index (χ2v) is 16.5. The van der Waals surface area contributed by atoms with Crippen LogP contribution in [0.1, 0.15) is 80.3 Å². The minimum absolute atomic E-state index is 0.0395. The van der Waals surface area contributed by atoms with Crippen molar-refractivity contribution in [1.29, 1.82) is 0 Å². The summed E-state index contributed by atoms with van der Waals surface area (Å²) < 4.78 is 185. The summed E-state index contributed by atoms with van der Waals surface area (Å²) in [5.41, 5.74) is -3.50. The number of halogens is 14. The molecule has 0 radical (unpaired) electrons. The molecule has 6 rings (SSSR count). The van der Waals surface area contributed by atoms with E-state index in [1.807, 2.05) is 0 Å². The van der Waals surface area contributed by atoms with Crippen molar-refractivity contribution < 1.29 is 71.1 Å². The number of rotatable bonds is 8. The first-order chi connectivity index (χ1) is 30.5. The fourth-order valence-corrected chi connectivity index (χ4v) is 8.57. The van der Waals surface area contributed by atoms with E-state index in [-0.39, 0.29) is 47.2 Å². The number of aryl methyl sites for hydroxylation is 2. The van der Waals surface area contributed by atoms with Crippen LogP contribution in [0.3, 0.4) is 0 Å². The number of amides is 2. The fourth-order valence-electron chi connectivity index (χ4n) is 8.57. The highest BCUT2D eigenvalue weighted by molar-refractivity contribution is 5.80. The molecule has 2 heterocycles. The Balaban J connectivity index is 0.000000247. The van der Waals surface area contributed by atoms with Crippen molar-refractivity contribution in [3.63, 3.8) is 0 Å². The van der Waals surface area contributed by atoms with E-state index in [1.165, 1.54) is 48.2 Å². The van der Waals surface area contributed by atoms with Gasteiger partial charge in [0, 0.05) is 51.1 Å². The summed E-state index contributed by atoms with van der Waals surface area (Å²) in [7, 11) is 2.98. The Morgan fingerprint density at radius 1 is 0.515 bits per heavy atom. The van der Waals surface area contributed by atoms with Crippen molar-refractivity contribution in [3.05, 3.63) is 140 Å². The van der Waals surface area contributed by atoms with Gasteiger partial charge in [0.15, 0.2) is 0 Å². The second-order valence-electron chi connectivity index (χ2n) is 16.5. The molecule has 2 aliphatic heterocycles. The first kappa shape index (κ1) is 51.7. The molecular formula is C46H46F14N4O2. The van der Waals surface area contributed by atoms with Crippen molar-refractivity contribution in [2.45, 2.75) is 88.2 Å². The van der Waals surface area contributed by atoms with E-state index in [2.05, 4.69) is 10.6 Å². The molecule has 4 aromatic carbocycles. The first-order valence-electron chi connectivity index (χ1n) is 20.6. The minimum Gasteiger partial charge on any atom is -0.342 e. The standard InChI is InChI=1S/2C23H23F7N2O/c2*1-13-7-17(24)3-4-18(13)19-12-31-6-5-20(19)32(2)21(33)10-14-8-15(22(25,26)27)11-16(9-14)23(28,29)30/h2*3-4,7-9,11,19-20,31H,5-6,10,12H2,1-2H3/t2*19-,20+/m10/s1. The normalized spacial score (nSPS) is 19.4. The molecule has 2 fully saturated rings. The van der Waals surface area contributed by atoms with Gasteiger partial charge in [-0.25, -0.2) is 8.78 Å². The van der Waals surface area contributed by atoms with Crippen LogP contribution in [-0.4, -0.2) is 74.0 Å². The first-order valence-corrected chi connectivity index (χ1v) is 20.6. The quantitative estimate of drug-likeness (QED) is 0.173. The maximum Gasteiger partial charge on any atom is 0.416 e. The van der Waals surface area contributed by atoms with Gasteiger partial charge in [0.2, 0.25) is 11.8 Å². The lowest BCUT2D eigenvalue weighted by Gasteiger charge is -2.39. The predicted molar refractivity (Wildman–Crippen MR) is 216 cm³/mol. The number of nitrogens with one attached hydrogen (secondary N) is 2. The molecule has 0 aromatic heterocycles. The fraction of sp³-hybridized carbons (Fsp3) is 0.435. The molecular weight excluding hydrogens is 907 g/mol. The molecule has 2 saturated heterocycles. The number of carbonyl (C=O) groups excluding carboxylic acids is 2. The third kappa shape index (κ3) is 13.0. The summed E-state index contributed by atoms with van der Waals surface area (Å²) >= 11 is 0. The van der Waals surface area contributed by atoms with Crippen LogP contribution in [0.15, 0.2) is 72.8 Å². The number of benzene rings is 4. The van der Waals surface area contributed by atoms with Crippen molar-refractivity contribution in [3.8, 4) is 0 Å². The van der Waals surface area contributed by atoms with Gasteiger partial charge in [-0.15, -0.1) is 0 Å². The summed E-state index contributed by atoms with van der Waals surface area (Å²) in [4.78, 5) is 28.6. The van der Waals surface area contributed by atoms with E-state index in [0.717, 1.165) is 11.1 Å². The highest BCUT2D eigenvalue weighted by atomic mass is 19.4. The second kappa shape index (κ2) is 20.3. The predicted octanol–water partition coefficient (Wildman–Crippen LogP) is 10.6. The van der Waals surface area contributed by atoms with E-state index >= 15 is 0 Å². The minimum atomic E-state index is -4.98. The summed E-state index contributed by atoms with van der Waals surface area (Å²) in [5, 5.41) is 6.43. The monoisotopic (exact) mass is 952 g/mol. The van der Waals surface area contributed by atoms with E-state index in [0.29, 0.717) is 74.4 Å². The van der Waals surface area contributed by atoms with Gasteiger partial charge in [-0.1, -0.05) is 12.1 Å². The van der Waals surface area contributed by atoms with Gasteiger partial charge in [-0.3, -0.25) is 9.59 Å². The average Bonchev–Trinajstić information content (AvgIpc) is 3.22. The van der Waals surface area contributed by atoms with Crippen LogP contribution < -0.4 is 10.6 Å². The lowest BCUT2D eigenvalue weighted by Crippen LogP contribution is -2.49. The smallest absolute Gasteiger partial charge is 0.342 e. The van der Waals surface area contributed by atoms with Crippen molar-refractivity contribution in [1.82, 2.24) is 20.4 Å². The Kier molecular flexibility index (Phi) is 15.9. The SMILES string of the molecule is Cc1cc(F)ccc1[C@@H]1CNCC[C@H]1N(C)C(=O)Cc1cc(C(F)(F)F)cc(C(F)(F)F)c1.Cc1cc(F)ccc1[C@H]1CNCC[C@@H]1N(C)C(=O)Cc1cc(C(F)(F)F)cc(C(F)(F)F)c1. The lowest BCUT2D eigenvalue weighted by atomic mass is 9.83. The van der Waals surface area contributed by atoms with Crippen molar-refractivity contribution in [2.75, 3.05) is 40.3 Å². The molecule has 0 aliphatic carbocycles. The van der Waals surface area contributed by atoms with Crippen LogP contribution in [0.4, 0.5) is 61.5 Å². The van der Waals surface area contributed by atoms with E-state index in [4.69, 9.17) is 0 Å². The Hall–Kier alpha value is -5.24. The number of carbonyl (C=O) groups is 2. The van der Waals surface area contributed by atoms with Crippen LogP contribution in [0.5, 0.6) is 0 Å². The number of alkyl halides is 12. The molecule has 4 aromatic rings. The van der Waals surface area contributed by atoms with Crippen molar-refractivity contribution >= 4 is 11.8 Å². The van der Waals surface area contributed by atoms with Crippen LogP contribution in [-0.2, 0) is 47.1 Å². The average molecular weight is 953 g/mol. The third-order valence-corrected chi connectivity index (χ3v) is 11.9. The summed E-state index contributed by atoms with van der Waals surface area (Å²) in [6.45, 7) is 5.65. The lowest BCUT2D eigenvalue weighted by molar-refractivity contribution is -0.144. The molecule has 20 heteroatoms. The molecule has 2 N–H and O–H groups in total. The molecule has 0 bridgehead atoms. The molecule has 0 spiro atoms. The molecule has 66 heavy (non-hydrogen) atoms. The zero-order valence-corrected chi connectivity index (χ0v) is 35.9. The summed E-state index contributed by atoms with van der Waals surface area (Å²) in [5.74, 6) is -2.41. The maximum absolute atomic E-state index is 13.5. The van der Waals surface area contributed by atoms with E-state index in [9.17, 15) is 71.1 Å². The molecule has 0 unspecified atom stereocenters. The molecule has 0 saturated carbocycles. The van der Waals surface area contributed by atoms with Gasteiger partial charge in [-0.05, 0) is 134 Å². The molecule has 2 aliphatic rings. The van der Waals surface area contributed by atoms with Crippen LogP contribution >= 0.6 is 0 Å². The van der Waals surface area contributed by atoms with Crippen LogP contribution in [0.25, 0.3) is 0 Å². The summed E-state index contributed by atoms with van der Waals surface area (Å²) in [6.07, 6.45) is -20.1. The van der Waals surface area contributed by atoms with Gasteiger partial charge in [0.1, 0.15) is 11.6 Å². The van der Waals surface area contributed by atoms with E-state index in [1.54, 1.807) is 26.0 Å². The number of likely N-dealkylation sites (N-methyl/N-ethyl adjacent to an activating group) is 2. The van der Waals surface area contributed by atoms with Gasteiger partial charge in [0.25, 0.3) is 0 Å². The van der Waals surface area contributed by atoms with Crippen molar-refractivity contribution in [2.24, 2.45) is 0 Å². The number of hydrogen-bond donors (Lipinski definition) is 2. The van der Waals surface area contributed by atoms with Gasteiger partial charge in [0.05, 0.1) is 35.1 Å². The van der Waals surface area contributed by atoms with Gasteiger partial charge in [-0.2, -0.15) is 52.7 Å². The highest BCUT2D eigenvalue weighted by Crippen LogP contribution is 2.39. The van der Waals surface area contributed by atoms with Gasteiger partial charge >= 0.3 is 24.7 Å². The number of nitrogens with zero attached hydrogens (tertiary/aromatic N) is 2. The van der Waals surface area contributed by atoms with Crippen LogP contribution in [0, 0.1) is 25.5 Å². The molecule has 2 amide bonds. The maximum atomic E-state index is 13.5. The molecule has 6 nitrogen and oxygen atoms in total. The van der Waals surface area contributed by atoms with Gasteiger partial charge < -0.3 is 20.4 Å². The van der Waals surface area contributed by atoms with E-state index < -0.39 is 83.2 Å². The third-order valence-electron chi connectivity index (χ3n) is 11.9. The number of hydrogen-bond acceptors (Lipinski definition) is 4. The Morgan fingerprint density at radius 3 is 1.09 bits per heavy atom. The Morgan fingerprint density at radius 2 is 0.818 bits per heavy atom. The zero-order valence-electron chi connectivity index (χ0n) is 35.9. The Bertz CT molecular complexity index is 2130. The summed E-state index contributed by atoms with van der Waals surface area (Å²) in [6, 6.07) is 10.3.